The number of anilines is 1. The molecule has 0 saturated heterocycles. The summed E-state index contributed by atoms with van der Waals surface area (Å²) in [4.78, 5) is 22.0. The summed E-state index contributed by atoms with van der Waals surface area (Å²) in [5, 5.41) is 16.0. The molecule has 0 heterocycles. The van der Waals surface area contributed by atoms with E-state index in [1.165, 1.54) is 24.3 Å². The van der Waals surface area contributed by atoms with Crippen LogP contribution < -0.4 is 15.4 Å². The van der Waals surface area contributed by atoms with Gasteiger partial charge in [0.05, 0.1) is 9.40 Å². The van der Waals surface area contributed by atoms with Crippen molar-refractivity contribution in [3.63, 3.8) is 0 Å². The Hall–Kier alpha value is -2.52. The minimum Gasteiger partial charge on any atom is -0.483 e. The van der Waals surface area contributed by atoms with E-state index in [4.69, 9.17) is 17.0 Å². The molecule has 9 heteroatoms. The van der Waals surface area contributed by atoms with Crippen LogP contribution in [0.3, 0.4) is 0 Å². The van der Waals surface area contributed by atoms with E-state index in [9.17, 15) is 14.9 Å². The van der Waals surface area contributed by atoms with E-state index in [1.807, 2.05) is 12.1 Å². The molecule has 0 aliphatic rings. The topological polar surface area (TPSA) is 93.5 Å². The van der Waals surface area contributed by atoms with E-state index in [-0.39, 0.29) is 17.4 Å². The number of benzene rings is 2. The molecule has 26 heavy (non-hydrogen) atoms. The Morgan fingerprint density at radius 2 is 1.96 bits per heavy atom. The fourth-order valence-corrected chi connectivity index (χ4v) is 2.79. The number of hydrogen-bond acceptors (Lipinski definition) is 5. The molecule has 7 nitrogen and oxygen atoms in total. The number of hydrogen-bond donors (Lipinski definition) is 2. The van der Waals surface area contributed by atoms with E-state index in [1.54, 1.807) is 6.07 Å². The van der Waals surface area contributed by atoms with Crippen molar-refractivity contribution in [2.45, 2.75) is 13.3 Å². The molecule has 0 fully saturated rings. The highest BCUT2D eigenvalue weighted by Gasteiger charge is 2.09. The molecule has 0 unspecified atom stereocenters. The molecule has 136 valence electrons. The average molecular weight is 438 g/mol. The number of nitrogens with zero attached hydrogens (tertiary/aromatic N) is 1. The summed E-state index contributed by atoms with van der Waals surface area (Å²) in [5.74, 6) is 0.141. The highest BCUT2D eigenvalue weighted by Crippen LogP contribution is 2.26. The lowest BCUT2D eigenvalue weighted by Gasteiger charge is -2.11. The van der Waals surface area contributed by atoms with Gasteiger partial charge in [0.25, 0.3) is 11.6 Å². The zero-order valence-electron chi connectivity index (χ0n) is 13.8. The second-order valence-corrected chi connectivity index (χ2v) is 6.48. The summed E-state index contributed by atoms with van der Waals surface area (Å²) in [5.41, 5.74) is 1.65. The van der Waals surface area contributed by atoms with E-state index in [0.717, 1.165) is 16.5 Å². The first kappa shape index (κ1) is 19.8. The van der Waals surface area contributed by atoms with E-state index in [0.29, 0.717) is 11.4 Å². The van der Waals surface area contributed by atoms with Crippen molar-refractivity contribution in [3.8, 4) is 5.75 Å². The van der Waals surface area contributed by atoms with Crippen LogP contribution in [-0.4, -0.2) is 22.5 Å². The molecular weight excluding hydrogens is 422 g/mol. The first-order valence-corrected chi connectivity index (χ1v) is 8.85. The zero-order chi connectivity index (χ0) is 19.1. The highest BCUT2D eigenvalue weighted by molar-refractivity contribution is 9.10. The molecule has 0 bridgehead atoms. The zero-order valence-corrected chi connectivity index (χ0v) is 16.2. The van der Waals surface area contributed by atoms with Gasteiger partial charge in [-0.05, 0) is 64.4 Å². The monoisotopic (exact) mass is 437 g/mol. The molecule has 0 spiro atoms. The van der Waals surface area contributed by atoms with Crippen molar-refractivity contribution in [2.24, 2.45) is 0 Å². The number of aryl methyl sites for hydroxylation is 1. The minimum atomic E-state index is -0.494. The van der Waals surface area contributed by atoms with Crippen LogP contribution in [0.4, 0.5) is 11.4 Å². The maximum atomic E-state index is 11.9. The Labute approximate surface area is 164 Å². The Morgan fingerprint density at radius 1 is 1.27 bits per heavy atom. The Morgan fingerprint density at radius 3 is 2.54 bits per heavy atom. The van der Waals surface area contributed by atoms with Crippen LogP contribution in [0.1, 0.15) is 12.5 Å². The third-order valence-electron chi connectivity index (χ3n) is 3.35. The van der Waals surface area contributed by atoms with Gasteiger partial charge in [-0.25, -0.2) is 0 Å². The molecular formula is C17H16BrN3O4S. The second-order valence-electron chi connectivity index (χ2n) is 5.21. The highest BCUT2D eigenvalue weighted by atomic mass is 79.9. The summed E-state index contributed by atoms with van der Waals surface area (Å²) in [6, 6.07) is 11.3. The number of halogens is 1. The van der Waals surface area contributed by atoms with Gasteiger partial charge in [0.15, 0.2) is 11.7 Å². The van der Waals surface area contributed by atoms with Crippen LogP contribution in [0.25, 0.3) is 0 Å². The maximum absolute atomic E-state index is 11.9. The van der Waals surface area contributed by atoms with Gasteiger partial charge in [0.2, 0.25) is 0 Å². The van der Waals surface area contributed by atoms with Gasteiger partial charge < -0.3 is 10.1 Å². The number of nitro benzene ring substituents is 1. The Kier molecular flexibility index (Phi) is 7.05. The van der Waals surface area contributed by atoms with Crippen molar-refractivity contribution in [2.75, 3.05) is 11.9 Å². The molecule has 0 aromatic heterocycles. The lowest BCUT2D eigenvalue weighted by Crippen LogP contribution is -2.37. The third kappa shape index (κ3) is 5.78. The van der Waals surface area contributed by atoms with Crippen LogP contribution in [0.5, 0.6) is 5.75 Å². The van der Waals surface area contributed by atoms with E-state index in [2.05, 4.69) is 33.5 Å². The van der Waals surface area contributed by atoms with Crippen molar-refractivity contribution >= 4 is 50.5 Å². The Balaban J connectivity index is 1.83. The van der Waals surface area contributed by atoms with Gasteiger partial charge in [0.1, 0.15) is 5.75 Å². The largest absolute Gasteiger partial charge is 0.483 e. The first-order chi connectivity index (χ1) is 12.4. The number of ether oxygens (including phenoxy) is 1. The van der Waals surface area contributed by atoms with Crippen molar-refractivity contribution in [1.82, 2.24) is 5.32 Å². The summed E-state index contributed by atoms with van der Waals surface area (Å²) >= 11 is 8.45. The second kappa shape index (κ2) is 9.25. The number of non-ortho nitro benzene ring substituents is 1. The van der Waals surface area contributed by atoms with E-state index >= 15 is 0 Å². The molecule has 1 amide bonds. The molecule has 0 radical (unpaired) electrons. The molecule has 0 atom stereocenters. The van der Waals surface area contributed by atoms with Crippen LogP contribution in [0, 0.1) is 10.1 Å². The summed E-state index contributed by atoms with van der Waals surface area (Å²) in [6.07, 6.45) is 0.905. The summed E-state index contributed by atoms with van der Waals surface area (Å²) in [7, 11) is 0. The van der Waals surface area contributed by atoms with Gasteiger partial charge in [-0.1, -0.05) is 13.0 Å². The van der Waals surface area contributed by atoms with E-state index < -0.39 is 10.8 Å². The lowest BCUT2D eigenvalue weighted by atomic mass is 10.2. The standard InChI is InChI=1S/C17H16BrN3O4S/c1-2-11-3-8-15(14(18)9-11)25-10-16(22)20-17(26)19-12-4-6-13(7-5-12)21(23)24/h3-9H,2,10H2,1H3,(H2,19,20,22,26). The van der Waals surface area contributed by atoms with Gasteiger partial charge in [-0.15, -0.1) is 0 Å². The van der Waals surface area contributed by atoms with Crippen LogP contribution in [0.15, 0.2) is 46.9 Å². The molecule has 0 aliphatic carbocycles. The average Bonchev–Trinajstić information content (AvgIpc) is 2.60. The number of thiocarbonyl (C=S) groups is 1. The predicted octanol–water partition coefficient (Wildman–Crippen LogP) is 3.81. The fraction of sp³-hybridized carbons (Fsp3) is 0.176. The molecule has 2 aromatic carbocycles. The van der Waals surface area contributed by atoms with Gasteiger partial charge >= 0.3 is 0 Å². The summed E-state index contributed by atoms with van der Waals surface area (Å²) < 4.78 is 6.24. The van der Waals surface area contributed by atoms with Gasteiger partial charge in [-0.2, -0.15) is 0 Å². The lowest BCUT2D eigenvalue weighted by molar-refractivity contribution is -0.384. The SMILES string of the molecule is CCc1ccc(OCC(=O)NC(=S)Nc2ccc([N+](=O)[O-])cc2)c(Br)c1. The number of rotatable bonds is 6. The number of amides is 1. The van der Waals surface area contributed by atoms with Crippen LogP contribution in [0.2, 0.25) is 0 Å². The van der Waals surface area contributed by atoms with Gasteiger partial charge in [0, 0.05) is 17.8 Å². The quantitative estimate of drug-likeness (QED) is 0.405. The summed E-state index contributed by atoms with van der Waals surface area (Å²) in [6.45, 7) is 1.85. The molecule has 2 aromatic rings. The predicted molar refractivity (Wildman–Crippen MR) is 106 cm³/mol. The molecule has 2 N–H and O–H groups in total. The number of nitrogens with one attached hydrogen (secondary N) is 2. The molecule has 0 aliphatic heterocycles. The van der Waals surface area contributed by atoms with Crippen molar-refractivity contribution in [1.29, 1.82) is 0 Å². The minimum absolute atomic E-state index is 0.0291. The number of nitro groups is 1. The smallest absolute Gasteiger partial charge is 0.269 e. The number of carbonyl (C=O) groups excluding carboxylic acids is 1. The van der Waals surface area contributed by atoms with Crippen molar-refractivity contribution in [3.05, 3.63) is 62.6 Å². The molecule has 2 rings (SSSR count). The van der Waals surface area contributed by atoms with Crippen molar-refractivity contribution < 1.29 is 14.5 Å². The Bertz CT molecular complexity index is 827. The molecule has 0 saturated carbocycles. The normalized spacial score (nSPS) is 10.1. The van der Waals surface area contributed by atoms with Crippen LogP contribution in [-0.2, 0) is 11.2 Å². The number of carbonyl (C=O) groups is 1. The maximum Gasteiger partial charge on any atom is 0.269 e. The van der Waals surface area contributed by atoms with Gasteiger partial charge in [-0.3, -0.25) is 20.2 Å². The third-order valence-corrected chi connectivity index (χ3v) is 4.18. The fourth-order valence-electron chi connectivity index (χ4n) is 2.02. The first-order valence-electron chi connectivity index (χ1n) is 7.65. The van der Waals surface area contributed by atoms with Crippen LogP contribution >= 0.6 is 28.1 Å².